The van der Waals surface area contributed by atoms with Crippen LogP contribution >= 0.6 is 11.6 Å². The highest BCUT2D eigenvalue weighted by molar-refractivity contribution is 6.30. The number of hydrogen-bond acceptors (Lipinski definition) is 3. The van der Waals surface area contributed by atoms with Crippen molar-refractivity contribution in [3.63, 3.8) is 0 Å². The zero-order chi connectivity index (χ0) is 21.4. The van der Waals surface area contributed by atoms with Crippen LogP contribution in [0.2, 0.25) is 5.02 Å². The highest BCUT2D eigenvalue weighted by Gasteiger charge is 2.40. The van der Waals surface area contributed by atoms with Crippen LogP contribution in [0.4, 0.5) is 11.4 Å². The third-order valence-electron chi connectivity index (χ3n) is 6.11. The van der Waals surface area contributed by atoms with Crippen molar-refractivity contribution in [2.45, 2.75) is 18.9 Å². The van der Waals surface area contributed by atoms with E-state index < -0.39 is 0 Å². The fourth-order valence-electron chi connectivity index (χ4n) is 4.58. The molecule has 0 aromatic heterocycles. The van der Waals surface area contributed by atoms with Crippen molar-refractivity contribution in [1.82, 2.24) is 0 Å². The minimum Gasteiger partial charge on any atom is -0.497 e. The summed E-state index contributed by atoms with van der Waals surface area (Å²) in [4.78, 5) is 18.0. The van der Waals surface area contributed by atoms with Gasteiger partial charge in [-0.3, -0.25) is 4.79 Å². The predicted octanol–water partition coefficient (Wildman–Crippen LogP) is 5.99. The quantitative estimate of drug-likeness (QED) is 0.509. The first-order valence-corrected chi connectivity index (χ1v) is 10.8. The van der Waals surface area contributed by atoms with Crippen LogP contribution in [-0.2, 0) is 4.79 Å². The molecular formula is C26H23ClN2O2. The number of carbonyl (C=O) groups is 1. The lowest BCUT2D eigenvalue weighted by Crippen LogP contribution is -2.40. The Balaban J connectivity index is 1.57. The van der Waals surface area contributed by atoms with Gasteiger partial charge in [0.05, 0.1) is 13.2 Å². The number of amides is 1. The molecule has 0 fully saturated rings. The van der Waals surface area contributed by atoms with E-state index in [-0.39, 0.29) is 11.9 Å². The third-order valence-corrected chi connectivity index (χ3v) is 6.36. The number of hydrogen-bond donors (Lipinski definition) is 0. The van der Waals surface area contributed by atoms with Gasteiger partial charge in [-0.1, -0.05) is 41.9 Å². The lowest BCUT2D eigenvalue weighted by atomic mass is 9.92. The van der Waals surface area contributed by atoms with Gasteiger partial charge in [0.25, 0.3) is 5.91 Å². The predicted molar refractivity (Wildman–Crippen MR) is 125 cm³/mol. The van der Waals surface area contributed by atoms with Crippen molar-refractivity contribution >= 4 is 28.9 Å². The molecule has 2 aliphatic rings. The molecule has 0 saturated carbocycles. The van der Waals surface area contributed by atoms with Crippen LogP contribution in [0.15, 0.2) is 90.1 Å². The molecule has 2 aliphatic heterocycles. The summed E-state index contributed by atoms with van der Waals surface area (Å²) in [5.41, 5.74) is 5.11. The summed E-state index contributed by atoms with van der Waals surface area (Å²) in [5.74, 6) is 0.904. The number of nitrogens with zero attached hydrogens (tertiary/aromatic N) is 2. The summed E-state index contributed by atoms with van der Waals surface area (Å²) in [6, 6.07) is 25.8. The Bertz CT molecular complexity index is 1120. The fourth-order valence-corrected chi connectivity index (χ4v) is 4.70. The minimum atomic E-state index is -0.0764. The van der Waals surface area contributed by atoms with E-state index in [1.54, 1.807) is 7.11 Å². The Kier molecular flexibility index (Phi) is 5.16. The van der Waals surface area contributed by atoms with Crippen molar-refractivity contribution in [2.24, 2.45) is 0 Å². The lowest BCUT2D eigenvalue weighted by Gasteiger charge is -2.38. The van der Waals surface area contributed by atoms with Gasteiger partial charge in [0.1, 0.15) is 5.75 Å². The SMILES string of the molecule is COc1ccc(N2CCC3=C2CC(c2ccccc2)N(c2ccc(Cl)cc2)C3=O)cc1. The molecule has 0 bridgehead atoms. The van der Waals surface area contributed by atoms with E-state index in [9.17, 15) is 4.79 Å². The molecule has 3 aromatic rings. The van der Waals surface area contributed by atoms with Crippen molar-refractivity contribution in [3.05, 3.63) is 101 Å². The Morgan fingerprint density at radius 3 is 2.26 bits per heavy atom. The Morgan fingerprint density at radius 1 is 0.903 bits per heavy atom. The fraction of sp³-hybridized carbons (Fsp3) is 0.192. The normalized spacial score (nSPS) is 18.4. The van der Waals surface area contributed by atoms with Gasteiger partial charge >= 0.3 is 0 Å². The van der Waals surface area contributed by atoms with E-state index in [2.05, 4.69) is 29.2 Å². The topological polar surface area (TPSA) is 32.8 Å². The monoisotopic (exact) mass is 430 g/mol. The number of methoxy groups -OCH3 is 1. The van der Waals surface area contributed by atoms with Crippen molar-refractivity contribution in [2.75, 3.05) is 23.5 Å². The van der Waals surface area contributed by atoms with E-state index in [1.165, 1.54) is 0 Å². The average Bonchev–Trinajstić information content (AvgIpc) is 3.25. The first-order valence-electron chi connectivity index (χ1n) is 10.4. The number of halogens is 1. The van der Waals surface area contributed by atoms with Gasteiger partial charge in [-0.2, -0.15) is 0 Å². The van der Waals surface area contributed by atoms with Crippen LogP contribution in [0.1, 0.15) is 24.4 Å². The molecule has 5 rings (SSSR count). The standard InChI is InChI=1S/C26H23ClN2O2/c1-31-22-13-11-20(12-14-22)28-16-15-23-25(28)17-24(18-5-3-2-4-6-18)29(26(23)30)21-9-7-19(27)8-10-21/h2-14,24H,15-17H2,1H3. The molecule has 1 atom stereocenters. The molecule has 4 nitrogen and oxygen atoms in total. The van der Waals surface area contributed by atoms with Crippen molar-refractivity contribution < 1.29 is 9.53 Å². The molecule has 1 amide bonds. The largest absolute Gasteiger partial charge is 0.497 e. The molecule has 0 aliphatic carbocycles. The zero-order valence-electron chi connectivity index (χ0n) is 17.3. The summed E-state index contributed by atoms with van der Waals surface area (Å²) in [6.07, 6.45) is 1.51. The Hall–Kier alpha value is -3.24. The van der Waals surface area contributed by atoms with Crippen LogP contribution in [0, 0.1) is 0 Å². The molecular weight excluding hydrogens is 408 g/mol. The van der Waals surface area contributed by atoms with Crippen LogP contribution in [0.3, 0.4) is 0 Å². The number of anilines is 2. The van der Waals surface area contributed by atoms with Gasteiger partial charge in [-0.25, -0.2) is 0 Å². The maximum absolute atomic E-state index is 13.7. The number of carbonyl (C=O) groups excluding carboxylic acids is 1. The molecule has 0 saturated heterocycles. The summed E-state index contributed by atoms with van der Waals surface area (Å²) >= 11 is 6.11. The second-order valence-corrected chi connectivity index (χ2v) is 8.24. The summed E-state index contributed by atoms with van der Waals surface area (Å²) in [7, 11) is 1.67. The van der Waals surface area contributed by atoms with E-state index >= 15 is 0 Å². The molecule has 31 heavy (non-hydrogen) atoms. The van der Waals surface area contributed by atoms with Crippen molar-refractivity contribution in [1.29, 1.82) is 0 Å². The Morgan fingerprint density at radius 2 is 1.58 bits per heavy atom. The third kappa shape index (κ3) is 3.57. The first-order chi connectivity index (χ1) is 15.2. The van der Waals surface area contributed by atoms with Gasteiger partial charge in [-0.05, 0) is 60.5 Å². The summed E-state index contributed by atoms with van der Waals surface area (Å²) in [5, 5.41) is 0.663. The Labute approximate surface area is 187 Å². The number of benzene rings is 3. The van der Waals surface area contributed by atoms with Gasteiger partial charge in [0.15, 0.2) is 0 Å². The molecule has 0 N–H and O–H groups in total. The molecule has 0 radical (unpaired) electrons. The van der Waals surface area contributed by atoms with Crippen LogP contribution in [0.25, 0.3) is 0 Å². The minimum absolute atomic E-state index is 0.0764. The van der Waals surface area contributed by atoms with E-state index in [4.69, 9.17) is 16.3 Å². The lowest BCUT2D eigenvalue weighted by molar-refractivity contribution is -0.116. The van der Waals surface area contributed by atoms with Gasteiger partial charge in [0.2, 0.25) is 0 Å². The van der Waals surface area contributed by atoms with Crippen LogP contribution in [-0.4, -0.2) is 19.6 Å². The molecule has 5 heteroatoms. The van der Waals surface area contributed by atoms with E-state index in [0.717, 1.165) is 53.3 Å². The second-order valence-electron chi connectivity index (χ2n) is 7.81. The number of rotatable bonds is 4. The first kappa shape index (κ1) is 19.7. The van der Waals surface area contributed by atoms with Gasteiger partial charge < -0.3 is 14.5 Å². The maximum Gasteiger partial charge on any atom is 0.256 e. The van der Waals surface area contributed by atoms with Gasteiger partial charge in [-0.15, -0.1) is 0 Å². The van der Waals surface area contributed by atoms with Crippen molar-refractivity contribution in [3.8, 4) is 5.75 Å². The highest BCUT2D eigenvalue weighted by atomic mass is 35.5. The molecule has 0 spiro atoms. The molecule has 1 unspecified atom stereocenters. The zero-order valence-corrected chi connectivity index (χ0v) is 18.0. The molecule has 3 aromatic carbocycles. The van der Waals surface area contributed by atoms with E-state index in [0.29, 0.717) is 5.02 Å². The number of ether oxygens (including phenoxy) is 1. The molecule has 2 heterocycles. The van der Waals surface area contributed by atoms with Crippen LogP contribution in [0.5, 0.6) is 5.75 Å². The van der Waals surface area contributed by atoms with Crippen LogP contribution < -0.4 is 14.5 Å². The molecule has 156 valence electrons. The van der Waals surface area contributed by atoms with Gasteiger partial charge in [0, 0.05) is 40.6 Å². The highest BCUT2D eigenvalue weighted by Crippen LogP contribution is 2.44. The summed E-state index contributed by atoms with van der Waals surface area (Å²) < 4.78 is 5.30. The summed E-state index contributed by atoms with van der Waals surface area (Å²) in [6.45, 7) is 0.804. The smallest absolute Gasteiger partial charge is 0.256 e. The average molecular weight is 431 g/mol. The second kappa shape index (κ2) is 8.12. The van der Waals surface area contributed by atoms with E-state index in [1.807, 2.05) is 59.5 Å². The maximum atomic E-state index is 13.7.